The van der Waals surface area contributed by atoms with Gasteiger partial charge in [-0.05, 0) is 43.9 Å². The van der Waals surface area contributed by atoms with Crippen LogP contribution in [0.2, 0.25) is 4.34 Å². The van der Waals surface area contributed by atoms with E-state index in [0.717, 1.165) is 17.7 Å². The van der Waals surface area contributed by atoms with Crippen molar-refractivity contribution < 1.29 is 5.11 Å². The van der Waals surface area contributed by atoms with Gasteiger partial charge in [0.25, 0.3) is 5.56 Å². The van der Waals surface area contributed by atoms with Crippen molar-refractivity contribution in [3.8, 4) is 10.6 Å². The molecule has 7 heteroatoms. The summed E-state index contributed by atoms with van der Waals surface area (Å²) in [6.07, 6.45) is 3.55. The van der Waals surface area contributed by atoms with Crippen molar-refractivity contribution in [1.29, 1.82) is 0 Å². The van der Waals surface area contributed by atoms with Crippen LogP contribution in [-0.2, 0) is 6.54 Å². The highest BCUT2D eigenvalue weighted by Crippen LogP contribution is 2.35. The summed E-state index contributed by atoms with van der Waals surface area (Å²) in [5.41, 5.74) is -0.336. The van der Waals surface area contributed by atoms with E-state index < -0.39 is 5.60 Å². The minimum atomic E-state index is -0.861. The molecule has 2 aromatic heterocycles. The second-order valence-electron chi connectivity index (χ2n) is 6.59. The lowest BCUT2D eigenvalue weighted by atomic mass is 9.87. The molecule has 0 aliphatic carbocycles. The molecule has 2 bridgehead atoms. The third kappa shape index (κ3) is 3.08. The van der Waals surface area contributed by atoms with E-state index >= 15 is 0 Å². The van der Waals surface area contributed by atoms with Gasteiger partial charge < -0.3 is 10.4 Å². The molecule has 4 rings (SSSR count). The Bertz CT molecular complexity index is 776. The Balaban J connectivity index is 1.62. The zero-order valence-corrected chi connectivity index (χ0v) is 14.1. The summed E-state index contributed by atoms with van der Waals surface area (Å²) in [4.78, 5) is 13.1. The van der Waals surface area contributed by atoms with E-state index in [1.807, 2.05) is 12.1 Å². The number of aliphatic hydroxyl groups is 1. The molecule has 3 atom stereocenters. The normalized spacial score (nSPS) is 29.8. The molecule has 5 nitrogen and oxygen atoms in total. The fourth-order valence-electron chi connectivity index (χ4n) is 3.78. The van der Waals surface area contributed by atoms with Gasteiger partial charge in [0.1, 0.15) is 5.69 Å². The Morgan fingerprint density at radius 3 is 2.70 bits per heavy atom. The number of hydrogen-bond acceptors (Lipinski definition) is 5. The zero-order chi connectivity index (χ0) is 16.0. The number of nitrogens with zero attached hydrogens (tertiary/aromatic N) is 2. The van der Waals surface area contributed by atoms with E-state index in [4.69, 9.17) is 11.6 Å². The predicted molar refractivity (Wildman–Crippen MR) is 90.9 cm³/mol. The van der Waals surface area contributed by atoms with Crippen LogP contribution in [0.25, 0.3) is 10.6 Å². The van der Waals surface area contributed by atoms with Gasteiger partial charge in [0.15, 0.2) is 0 Å². The van der Waals surface area contributed by atoms with Gasteiger partial charge in [0.2, 0.25) is 0 Å². The van der Waals surface area contributed by atoms with E-state index in [0.29, 0.717) is 35.0 Å². The minimum absolute atomic E-state index is 0.185. The molecule has 0 spiro atoms. The molecule has 0 aromatic carbocycles. The summed E-state index contributed by atoms with van der Waals surface area (Å²) in [5.74, 6) is 0. The average molecular weight is 352 g/mol. The molecule has 2 aliphatic rings. The summed E-state index contributed by atoms with van der Waals surface area (Å²) < 4.78 is 2.08. The topological polar surface area (TPSA) is 67.2 Å². The number of hydrogen-bond donors (Lipinski definition) is 2. The third-order valence-electron chi connectivity index (χ3n) is 4.72. The summed E-state index contributed by atoms with van der Waals surface area (Å²) in [6, 6.07) is 7.63. The van der Waals surface area contributed by atoms with Gasteiger partial charge in [-0.1, -0.05) is 11.6 Å². The van der Waals surface area contributed by atoms with Crippen LogP contribution in [0.15, 0.2) is 29.1 Å². The van der Waals surface area contributed by atoms with Gasteiger partial charge in [0, 0.05) is 18.2 Å². The van der Waals surface area contributed by atoms with Crippen molar-refractivity contribution in [2.24, 2.45) is 0 Å². The number of nitrogens with one attached hydrogen (secondary N) is 1. The monoisotopic (exact) mass is 351 g/mol. The highest BCUT2D eigenvalue weighted by Gasteiger charge is 2.42. The zero-order valence-electron chi connectivity index (χ0n) is 12.5. The van der Waals surface area contributed by atoms with Crippen LogP contribution >= 0.6 is 22.9 Å². The summed E-state index contributed by atoms with van der Waals surface area (Å²) >= 11 is 7.40. The first kappa shape index (κ1) is 15.3. The van der Waals surface area contributed by atoms with Gasteiger partial charge >= 0.3 is 0 Å². The lowest BCUT2D eigenvalue weighted by Crippen LogP contribution is -2.51. The molecule has 2 aliphatic heterocycles. The van der Waals surface area contributed by atoms with Gasteiger partial charge in [0.05, 0.1) is 21.4 Å². The molecular weight excluding hydrogens is 334 g/mol. The fourth-order valence-corrected chi connectivity index (χ4v) is 4.79. The number of fused-ring (bicyclic) bond motifs is 2. The van der Waals surface area contributed by atoms with E-state index in [-0.39, 0.29) is 12.1 Å². The van der Waals surface area contributed by atoms with Crippen molar-refractivity contribution in [3.05, 3.63) is 39.0 Å². The first-order valence-electron chi connectivity index (χ1n) is 7.83. The molecule has 2 aromatic rings. The first-order valence-corrected chi connectivity index (χ1v) is 9.03. The van der Waals surface area contributed by atoms with Crippen molar-refractivity contribution in [2.45, 2.75) is 49.9 Å². The maximum atomic E-state index is 12.2. The summed E-state index contributed by atoms with van der Waals surface area (Å²) in [7, 11) is 0. The highest BCUT2D eigenvalue weighted by molar-refractivity contribution is 7.19. The number of piperidine rings is 1. The number of thiophene rings is 1. The predicted octanol–water partition coefficient (Wildman–Crippen LogP) is 2.27. The van der Waals surface area contributed by atoms with E-state index in [9.17, 15) is 9.90 Å². The van der Waals surface area contributed by atoms with E-state index in [2.05, 4.69) is 10.4 Å². The first-order chi connectivity index (χ1) is 11.0. The van der Waals surface area contributed by atoms with Crippen LogP contribution in [0.4, 0.5) is 0 Å². The second kappa shape index (κ2) is 5.70. The van der Waals surface area contributed by atoms with Gasteiger partial charge in [-0.25, -0.2) is 4.68 Å². The largest absolute Gasteiger partial charge is 0.388 e. The van der Waals surface area contributed by atoms with Crippen LogP contribution in [0.1, 0.15) is 25.7 Å². The molecule has 2 saturated heterocycles. The van der Waals surface area contributed by atoms with E-state index in [1.54, 1.807) is 6.07 Å². The highest BCUT2D eigenvalue weighted by atomic mass is 35.5. The van der Waals surface area contributed by atoms with Gasteiger partial charge in [-0.2, -0.15) is 5.10 Å². The second-order valence-corrected chi connectivity index (χ2v) is 8.30. The number of aromatic nitrogens is 2. The average Bonchev–Trinajstić information content (AvgIpc) is 3.07. The standard InChI is InChI=1S/C16H18ClN3O2S/c17-14-5-4-13(23-14)12-3-6-15(21)20(19-12)9-16(22)7-10-1-2-11(8-16)18-10/h3-6,10-11,18,22H,1-2,7-9H2/t10-,11+,16?. The van der Waals surface area contributed by atoms with Gasteiger partial charge in [-0.15, -0.1) is 11.3 Å². The lowest BCUT2D eigenvalue weighted by Gasteiger charge is -2.37. The Kier molecular flexibility index (Phi) is 3.80. The molecule has 2 N–H and O–H groups in total. The molecule has 0 saturated carbocycles. The minimum Gasteiger partial charge on any atom is -0.388 e. The summed E-state index contributed by atoms with van der Waals surface area (Å²) in [5, 5.41) is 18.9. The Morgan fingerprint density at radius 2 is 2.04 bits per heavy atom. The van der Waals surface area contributed by atoms with Crippen LogP contribution in [0.5, 0.6) is 0 Å². The fraction of sp³-hybridized carbons (Fsp3) is 0.500. The molecular formula is C16H18ClN3O2S. The Morgan fingerprint density at radius 1 is 1.30 bits per heavy atom. The Labute approximate surface area is 142 Å². The Hall–Kier alpha value is -1.21. The van der Waals surface area contributed by atoms with Crippen molar-refractivity contribution in [2.75, 3.05) is 0 Å². The van der Waals surface area contributed by atoms with Crippen molar-refractivity contribution >= 4 is 22.9 Å². The van der Waals surface area contributed by atoms with Crippen molar-refractivity contribution in [1.82, 2.24) is 15.1 Å². The van der Waals surface area contributed by atoms with Crippen molar-refractivity contribution in [3.63, 3.8) is 0 Å². The molecule has 122 valence electrons. The SMILES string of the molecule is O=c1ccc(-c2ccc(Cl)s2)nn1CC1(O)C[C@H]2CC[C@@H](C1)N2. The molecule has 2 fully saturated rings. The smallest absolute Gasteiger partial charge is 0.266 e. The van der Waals surface area contributed by atoms with Crippen LogP contribution in [-0.4, -0.2) is 32.6 Å². The maximum absolute atomic E-state index is 12.2. The lowest BCUT2D eigenvalue weighted by molar-refractivity contribution is -0.0249. The molecule has 0 radical (unpaired) electrons. The molecule has 23 heavy (non-hydrogen) atoms. The van der Waals surface area contributed by atoms with Crippen LogP contribution < -0.4 is 10.9 Å². The van der Waals surface area contributed by atoms with Crippen LogP contribution in [0, 0.1) is 0 Å². The molecule has 0 amide bonds. The quantitative estimate of drug-likeness (QED) is 0.890. The van der Waals surface area contributed by atoms with Gasteiger partial charge in [-0.3, -0.25) is 4.79 Å². The van der Waals surface area contributed by atoms with Crippen LogP contribution in [0.3, 0.4) is 0 Å². The number of halogens is 1. The molecule has 4 heterocycles. The number of rotatable bonds is 3. The maximum Gasteiger partial charge on any atom is 0.266 e. The summed E-state index contributed by atoms with van der Waals surface area (Å²) in [6.45, 7) is 0.244. The van der Waals surface area contributed by atoms with E-state index in [1.165, 1.54) is 22.1 Å². The third-order valence-corrected chi connectivity index (χ3v) is 5.98. The molecule has 1 unspecified atom stereocenters.